The van der Waals surface area contributed by atoms with Gasteiger partial charge in [0.05, 0.1) is 23.4 Å². The number of nitrogens with one attached hydrogen (secondary N) is 1. The molecule has 5 heteroatoms. The fourth-order valence-electron chi connectivity index (χ4n) is 2.66. The van der Waals surface area contributed by atoms with Gasteiger partial charge in [0.15, 0.2) is 0 Å². The molecule has 0 radical (unpaired) electrons. The van der Waals surface area contributed by atoms with Gasteiger partial charge in [-0.15, -0.1) is 0 Å². The van der Waals surface area contributed by atoms with E-state index in [1.807, 2.05) is 25.1 Å². The Morgan fingerprint density at radius 2 is 1.92 bits per heavy atom. The second-order valence-corrected chi connectivity index (χ2v) is 5.83. The monoisotopic (exact) mass is 338 g/mol. The SMILES string of the molecule is COCCNC(=O)c1cc(-c2ccc(F)cc2)nc2ccc(C)cc12. The number of methoxy groups -OCH3 is 1. The van der Waals surface area contributed by atoms with Crippen molar-refractivity contribution in [3.8, 4) is 11.3 Å². The molecule has 0 aliphatic carbocycles. The van der Waals surface area contributed by atoms with Crippen LogP contribution in [-0.4, -0.2) is 31.2 Å². The van der Waals surface area contributed by atoms with Crippen LogP contribution in [0, 0.1) is 12.7 Å². The summed E-state index contributed by atoms with van der Waals surface area (Å²) in [5, 5.41) is 3.64. The molecule has 1 N–H and O–H groups in total. The average Bonchev–Trinajstić information content (AvgIpc) is 2.61. The number of nitrogens with zero attached hydrogens (tertiary/aromatic N) is 1. The van der Waals surface area contributed by atoms with E-state index in [0.717, 1.165) is 22.0 Å². The smallest absolute Gasteiger partial charge is 0.252 e. The maximum absolute atomic E-state index is 13.2. The van der Waals surface area contributed by atoms with Crippen LogP contribution in [0.4, 0.5) is 4.39 Å². The molecule has 1 aromatic heterocycles. The van der Waals surface area contributed by atoms with Crippen molar-refractivity contribution < 1.29 is 13.9 Å². The molecule has 0 atom stereocenters. The summed E-state index contributed by atoms with van der Waals surface area (Å²) in [6.07, 6.45) is 0. The maximum atomic E-state index is 13.2. The Morgan fingerprint density at radius 1 is 1.16 bits per heavy atom. The third kappa shape index (κ3) is 3.83. The number of ether oxygens (including phenoxy) is 1. The number of carbonyl (C=O) groups is 1. The number of benzene rings is 2. The van der Waals surface area contributed by atoms with E-state index in [-0.39, 0.29) is 11.7 Å². The van der Waals surface area contributed by atoms with Crippen molar-refractivity contribution in [3.63, 3.8) is 0 Å². The molecule has 0 saturated heterocycles. The first-order valence-corrected chi connectivity index (χ1v) is 8.03. The van der Waals surface area contributed by atoms with Crippen LogP contribution in [0.25, 0.3) is 22.2 Å². The van der Waals surface area contributed by atoms with Gasteiger partial charge in [0, 0.05) is 24.6 Å². The Bertz CT molecular complexity index is 907. The lowest BCUT2D eigenvalue weighted by Crippen LogP contribution is -2.27. The Labute approximate surface area is 145 Å². The quantitative estimate of drug-likeness (QED) is 0.721. The van der Waals surface area contributed by atoms with Gasteiger partial charge in [0.1, 0.15) is 5.82 Å². The second kappa shape index (κ2) is 7.40. The molecule has 3 rings (SSSR count). The van der Waals surface area contributed by atoms with Crippen LogP contribution < -0.4 is 5.32 Å². The van der Waals surface area contributed by atoms with Gasteiger partial charge >= 0.3 is 0 Å². The zero-order chi connectivity index (χ0) is 17.8. The molecule has 0 fully saturated rings. The minimum Gasteiger partial charge on any atom is -0.383 e. The minimum atomic E-state index is -0.308. The van der Waals surface area contributed by atoms with Crippen LogP contribution in [0.1, 0.15) is 15.9 Å². The van der Waals surface area contributed by atoms with Gasteiger partial charge in [0.25, 0.3) is 5.91 Å². The van der Waals surface area contributed by atoms with Gasteiger partial charge in [-0.25, -0.2) is 9.37 Å². The Morgan fingerprint density at radius 3 is 2.64 bits per heavy atom. The Hall–Kier alpha value is -2.79. The minimum absolute atomic E-state index is 0.182. The second-order valence-electron chi connectivity index (χ2n) is 5.83. The summed E-state index contributed by atoms with van der Waals surface area (Å²) < 4.78 is 18.2. The molecular weight excluding hydrogens is 319 g/mol. The summed E-state index contributed by atoms with van der Waals surface area (Å²) >= 11 is 0. The topological polar surface area (TPSA) is 51.2 Å². The van der Waals surface area contributed by atoms with Crippen molar-refractivity contribution >= 4 is 16.8 Å². The number of fused-ring (bicyclic) bond motifs is 1. The van der Waals surface area contributed by atoms with E-state index < -0.39 is 0 Å². The summed E-state index contributed by atoms with van der Waals surface area (Å²) in [7, 11) is 1.59. The van der Waals surface area contributed by atoms with Gasteiger partial charge in [0.2, 0.25) is 0 Å². The van der Waals surface area contributed by atoms with Crippen molar-refractivity contribution in [1.29, 1.82) is 0 Å². The molecule has 0 bridgehead atoms. The molecule has 2 aromatic carbocycles. The lowest BCUT2D eigenvalue weighted by atomic mass is 10.0. The lowest BCUT2D eigenvalue weighted by Gasteiger charge is -2.11. The van der Waals surface area contributed by atoms with Crippen LogP contribution >= 0.6 is 0 Å². The van der Waals surface area contributed by atoms with E-state index in [1.165, 1.54) is 12.1 Å². The summed E-state index contributed by atoms with van der Waals surface area (Å²) in [6, 6.07) is 13.6. The first-order chi connectivity index (χ1) is 12.1. The lowest BCUT2D eigenvalue weighted by molar-refractivity contribution is 0.0938. The molecule has 0 aliphatic heterocycles. The van der Waals surface area contributed by atoms with E-state index in [2.05, 4.69) is 10.3 Å². The fourth-order valence-corrected chi connectivity index (χ4v) is 2.66. The van der Waals surface area contributed by atoms with Crippen molar-refractivity contribution in [2.75, 3.05) is 20.3 Å². The number of hydrogen-bond acceptors (Lipinski definition) is 3. The number of carbonyl (C=O) groups excluding carboxylic acids is 1. The molecule has 0 saturated carbocycles. The van der Waals surface area contributed by atoms with Gasteiger partial charge in [-0.3, -0.25) is 4.79 Å². The van der Waals surface area contributed by atoms with Gasteiger partial charge in [-0.2, -0.15) is 0 Å². The molecule has 0 aliphatic rings. The third-order valence-electron chi connectivity index (χ3n) is 3.94. The van der Waals surface area contributed by atoms with Crippen molar-refractivity contribution in [2.24, 2.45) is 0 Å². The van der Waals surface area contributed by atoms with Gasteiger partial charge in [-0.05, 0) is 49.4 Å². The average molecular weight is 338 g/mol. The summed E-state index contributed by atoms with van der Waals surface area (Å²) in [5.74, 6) is -0.490. The highest BCUT2D eigenvalue weighted by atomic mass is 19.1. The molecule has 0 spiro atoms. The van der Waals surface area contributed by atoms with Crippen molar-refractivity contribution in [2.45, 2.75) is 6.92 Å². The highest BCUT2D eigenvalue weighted by Crippen LogP contribution is 2.26. The number of aryl methyl sites for hydroxylation is 1. The predicted molar refractivity (Wildman–Crippen MR) is 96.1 cm³/mol. The highest BCUT2D eigenvalue weighted by Gasteiger charge is 2.14. The molecule has 25 heavy (non-hydrogen) atoms. The molecule has 3 aromatic rings. The van der Waals surface area contributed by atoms with E-state index in [1.54, 1.807) is 25.3 Å². The molecule has 1 heterocycles. The molecular formula is C20H19FN2O2. The summed E-state index contributed by atoms with van der Waals surface area (Å²) in [5.41, 5.74) is 3.71. The normalized spacial score (nSPS) is 10.8. The highest BCUT2D eigenvalue weighted by molar-refractivity contribution is 6.07. The number of pyridine rings is 1. The Balaban J connectivity index is 2.09. The molecule has 128 valence electrons. The largest absolute Gasteiger partial charge is 0.383 e. The van der Waals surface area contributed by atoms with Crippen LogP contribution in [0.3, 0.4) is 0 Å². The van der Waals surface area contributed by atoms with Crippen LogP contribution in [-0.2, 0) is 4.74 Å². The summed E-state index contributed by atoms with van der Waals surface area (Å²) in [4.78, 5) is 17.3. The predicted octanol–water partition coefficient (Wildman–Crippen LogP) is 3.73. The zero-order valence-electron chi connectivity index (χ0n) is 14.2. The number of halogens is 1. The maximum Gasteiger partial charge on any atom is 0.252 e. The molecule has 4 nitrogen and oxygen atoms in total. The van der Waals surface area contributed by atoms with Crippen LogP contribution in [0.5, 0.6) is 0 Å². The number of amides is 1. The van der Waals surface area contributed by atoms with Crippen LogP contribution in [0.2, 0.25) is 0 Å². The van der Waals surface area contributed by atoms with Gasteiger partial charge in [-0.1, -0.05) is 11.6 Å². The number of aromatic nitrogens is 1. The molecule has 0 unspecified atom stereocenters. The number of hydrogen-bond donors (Lipinski definition) is 1. The molecule has 1 amide bonds. The van der Waals surface area contributed by atoms with Gasteiger partial charge < -0.3 is 10.1 Å². The third-order valence-corrected chi connectivity index (χ3v) is 3.94. The first-order valence-electron chi connectivity index (χ1n) is 8.03. The standard InChI is InChI=1S/C20H19FN2O2/c1-13-3-8-18-16(11-13)17(20(24)22-9-10-25-2)12-19(23-18)14-4-6-15(21)7-5-14/h3-8,11-12H,9-10H2,1-2H3,(H,22,24). The first kappa shape index (κ1) is 17.0. The van der Waals surface area contributed by atoms with E-state index >= 15 is 0 Å². The fraction of sp³-hybridized carbons (Fsp3) is 0.200. The van der Waals surface area contributed by atoms with E-state index in [9.17, 15) is 9.18 Å². The van der Waals surface area contributed by atoms with Crippen LogP contribution in [0.15, 0.2) is 48.5 Å². The van der Waals surface area contributed by atoms with Crippen molar-refractivity contribution in [3.05, 3.63) is 65.5 Å². The zero-order valence-corrected chi connectivity index (χ0v) is 14.2. The van der Waals surface area contributed by atoms with E-state index in [0.29, 0.717) is 24.4 Å². The Kier molecular flexibility index (Phi) is 5.05. The van der Waals surface area contributed by atoms with E-state index in [4.69, 9.17) is 4.74 Å². The number of rotatable bonds is 5. The summed E-state index contributed by atoms with van der Waals surface area (Å²) in [6.45, 7) is 2.84. The van der Waals surface area contributed by atoms with Crippen molar-refractivity contribution in [1.82, 2.24) is 10.3 Å².